The second kappa shape index (κ2) is 25.1. The topological polar surface area (TPSA) is 218 Å². The molecule has 0 aliphatic heterocycles. The fourth-order valence-corrected chi connectivity index (χ4v) is 5.73. The van der Waals surface area contributed by atoms with E-state index in [0.29, 0.717) is 37.7 Å². The van der Waals surface area contributed by atoms with Crippen LogP contribution < -0.4 is 28.7 Å². The summed E-state index contributed by atoms with van der Waals surface area (Å²) in [7, 11) is 0. The Morgan fingerprint density at radius 3 is 1.14 bits per heavy atom. The average Bonchev–Trinajstić information content (AvgIpc) is 2.97. The molecule has 0 fully saturated rings. The lowest BCUT2D eigenvalue weighted by Gasteiger charge is -2.29. The second-order valence-electron chi connectivity index (χ2n) is 22.0. The number of carbonyl (C=O) groups is 3. The van der Waals surface area contributed by atoms with Crippen LogP contribution in [0.2, 0.25) is 0 Å². The van der Waals surface area contributed by atoms with Crippen LogP contribution in [0.4, 0.5) is 0 Å². The molecule has 10 N–H and O–H groups in total. The summed E-state index contributed by atoms with van der Waals surface area (Å²) >= 11 is 0. The number of Topliss-reactive ketones (excluding diaryl/α,β-unsaturated/α-hetero) is 3. The summed E-state index contributed by atoms with van der Waals surface area (Å²) in [6.07, 6.45) is 9.64. The lowest BCUT2D eigenvalue weighted by Crippen LogP contribution is -2.31. The first-order valence-electron chi connectivity index (χ1n) is 20.7. The monoisotopic (exact) mass is 803 g/mol. The van der Waals surface area contributed by atoms with Gasteiger partial charge >= 0.3 is 0 Å². The number of nitrogens with zero attached hydrogens (tertiary/aromatic N) is 3. The Morgan fingerprint density at radius 2 is 0.860 bits per heavy atom. The molecule has 0 aromatic heterocycles. The average molecular weight is 803 g/mol. The van der Waals surface area contributed by atoms with Gasteiger partial charge in [0.25, 0.3) is 0 Å². The van der Waals surface area contributed by atoms with Crippen molar-refractivity contribution >= 4 is 35.1 Å². The van der Waals surface area contributed by atoms with Gasteiger partial charge in [0, 0.05) is 41.8 Å². The highest BCUT2D eigenvalue weighted by molar-refractivity contribution is 5.99. The number of allylic oxidation sites excluding steroid dienone is 2. The minimum Gasteiger partial charge on any atom is -0.388 e. The Hall–Kier alpha value is -3.50. The molecule has 0 aromatic carbocycles. The van der Waals surface area contributed by atoms with Gasteiger partial charge in [0.15, 0.2) is 23.5 Å². The molecule has 0 saturated carbocycles. The lowest BCUT2D eigenvalue weighted by molar-refractivity contribution is -0.131. The van der Waals surface area contributed by atoms with Crippen molar-refractivity contribution in [2.75, 3.05) is 19.6 Å². The molecule has 57 heavy (non-hydrogen) atoms. The van der Waals surface area contributed by atoms with Crippen LogP contribution in [0.15, 0.2) is 38.3 Å². The maximum Gasteiger partial charge on any atom is 0.185 e. The molecule has 0 aliphatic carbocycles. The minimum absolute atomic E-state index is 0.0862. The summed E-state index contributed by atoms with van der Waals surface area (Å²) in [6, 6.07) is 0. The molecule has 0 heterocycles. The van der Waals surface area contributed by atoms with Crippen molar-refractivity contribution in [2.45, 2.75) is 176 Å². The molecule has 11 heteroatoms. The van der Waals surface area contributed by atoms with Crippen molar-refractivity contribution < 1.29 is 14.4 Å². The number of rotatable bonds is 16. The summed E-state index contributed by atoms with van der Waals surface area (Å²) in [5, 5.41) is 0. The zero-order chi connectivity index (χ0) is 45.8. The largest absolute Gasteiger partial charge is 0.388 e. The molecule has 0 radical (unpaired) electrons. The van der Waals surface area contributed by atoms with E-state index < -0.39 is 0 Å². The first-order chi connectivity index (χ1) is 25.3. The van der Waals surface area contributed by atoms with Crippen molar-refractivity contribution in [1.29, 1.82) is 0 Å². The summed E-state index contributed by atoms with van der Waals surface area (Å²) in [6.45, 7) is 40.6. The van der Waals surface area contributed by atoms with Crippen LogP contribution in [-0.2, 0) is 14.4 Å². The fraction of sp³-hybridized carbons (Fsp3) is 0.783. The number of carbonyl (C=O) groups excluding carboxylic acids is 3. The molecule has 0 rings (SSSR count). The van der Waals surface area contributed by atoms with E-state index in [1.165, 1.54) is 0 Å². The van der Waals surface area contributed by atoms with Gasteiger partial charge in [0.2, 0.25) is 0 Å². The summed E-state index contributed by atoms with van der Waals surface area (Å²) in [5.74, 6) is 1.67. The predicted molar refractivity (Wildman–Crippen MR) is 247 cm³/mol. The Labute approximate surface area is 350 Å². The molecule has 0 spiro atoms. The highest BCUT2D eigenvalue weighted by Gasteiger charge is 2.32. The van der Waals surface area contributed by atoms with Gasteiger partial charge in [-0.2, -0.15) is 0 Å². The van der Waals surface area contributed by atoms with Crippen molar-refractivity contribution in [2.24, 2.45) is 82.1 Å². The summed E-state index contributed by atoms with van der Waals surface area (Å²) in [4.78, 5) is 49.4. The molecule has 0 aromatic rings. The van der Waals surface area contributed by atoms with Crippen LogP contribution in [0.3, 0.4) is 0 Å². The van der Waals surface area contributed by atoms with E-state index >= 15 is 0 Å². The molecule has 11 nitrogen and oxygen atoms in total. The standard InChI is InChI=1S/C16H30N2O.C15H31N3O.C15H29N3O/c1-12(17)18-10-8-9-13(11-15(2,3)4)14(19)16(5,6)7;2*1-14(2,3)10-11(12(19)15(4,5)6)8-7-9-18-13(16)17/h9H,8,10-11H2,1-7H3,(H2,17,18);11H,7-10H2,1-6H3,(H4,16,17,18);8H,7,9-10H2,1-6H3,(H4,16,17,18)/b13-9-;;11-8+/t;11-;/m.1./s1. The van der Waals surface area contributed by atoms with E-state index in [1.54, 1.807) is 6.92 Å². The first kappa shape index (κ1) is 57.8. The Balaban J connectivity index is -0.000000767. The number of amidine groups is 1. The van der Waals surface area contributed by atoms with Crippen LogP contribution >= 0.6 is 0 Å². The van der Waals surface area contributed by atoms with Crippen LogP contribution in [-0.4, -0.2) is 54.7 Å². The van der Waals surface area contributed by atoms with Crippen LogP contribution in [0.25, 0.3) is 0 Å². The van der Waals surface area contributed by atoms with E-state index in [9.17, 15) is 14.4 Å². The van der Waals surface area contributed by atoms with E-state index in [-0.39, 0.29) is 61.9 Å². The van der Waals surface area contributed by atoms with Gasteiger partial charge in [-0.1, -0.05) is 137 Å². The molecular formula is C46H90N8O3. The van der Waals surface area contributed by atoms with E-state index in [0.717, 1.165) is 49.7 Å². The third-order valence-electron chi connectivity index (χ3n) is 8.06. The van der Waals surface area contributed by atoms with Gasteiger partial charge in [-0.25, -0.2) is 0 Å². The van der Waals surface area contributed by atoms with E-state index in [4.69, 9.17) is 28.7 Å². The SMILES string of the molecule is CC(C)(C)C/C(=C\CCN=C(N)N)C(=O)C(C)(C)C.CC(C)(C)C[C@@H](CCCN=C(N)N)C(=O)C(C)(C)C.CC(N)=NCC/C=C(/CC(C)(C)C)C(=O)C(C)(C)C. The van der Waals surface area contributed by atoms with Crippen molar-refractivity contribution in [3.05, 3.63) is 23.3 Å². The van der Waals surface area contributed by atoms with Crippen LogP contribution in [0.1, 0.15) is 176 Å². The highest BCUT2D eigenvalue weighted by Crippen LogP contribution is 2.34. The smallest absolute Gasteiger partial charge is 0.185 e. The van der Waals surface area contributed by atoms with E-state index in [1.807, 2.05) is 74.5 Å². The number of hydrogen-bond acceptors (Lipinski definition) is 6. The minimum atomic E-state index is -0.354. The van der Waals surface area contributed by atoms with Crippen LogP contribution in [0.5, 0.6) is 0 Å². The van der Waals surface area contributed by atoms with Gasteiger partial charge in [-0.15, -0.1) is 0 Å². The number of hydrogen-bond donors (Lipinski definition) is 5. The lowest BCUT2D eigenvalue weighted by atomic mass is 9.74. The zero-order valence-electron chi connectivity index (χ0n) is 40.3. The van der Waals surface area contributed by atoms with Gasteiger partial charge in [0.1, 0.15) is 5.78 Å². The summed E-state index contributed by atoms with van der Waals surface area (Å²) in [5.41, 5.74) is 27.8. The molecule has 332 valence electrons. The molecular weight excluding hydrogens is 713 g/mol. The number of guanidine groups is 2. The molecule has 0 amide bonds. The Bertz CT molecular complexity index is 1310. The quantitative estimate of drug-likeness (QED) is 0.0438. The Kier molecular flexibility index (Phi) is 25.4. The van der Waals surface area contributed by atoms with Gasteiger partial charge in [-0.05, 0) is 79.3 Å². The maximum absolute atomic E-state index is 12.5. The number of aliphatic imine (C=N–C) groups is 3. The first-order valence-corrected chi connectivity index (χ1v) is 20.7. The molecule has 0 saturated heterocycles. The highest BCUT2D eigenvalue weighted by atomic mass is 16.1. The summed E-state index contributed by atoms with van der Waals surface area (Å²) < 4.78 is 0. The second-order valence-corrected chi connectivity index (χ2v) is 22.0. The molecule has 0 unspecified atom stereocenters. The van der Waals surface area contributed by atoms with Crippen LogP contribution in [0, 0.1) is 38.4 Å². The predicted octanol–water partition coefficient (Wildman–Crippen LogP) is 9.07. The van der Waals surface area contributed by atoms with Crippen molar-refractivity contribution in [3.8, 4) is 0 Å². The Morgan fingerprint density at radius 1 is 0.509 bits per heavy atom. The third kappa shape index (κ3) is 34.3. The molecule has 0 aliphatic rings. The van der Waals surface area contributed by atoms with Gasteiger partial charge in [-0.3, -0.25) is 29.4 Å². The zero-order valence-corrected chi connectivity index (χ0v) is 40.3. The van der Waals surface area contributed by atoms with Crippen molar-refractivity contribution in [1.82, 2.24) is 0 Å². The van der Waals surface area contributed by atoms with Gasteiger partial charge in [0.05, 0.1) is 5.84 Å². The molecule has 1 atom stereocenters. The maximum atomic E-state index is 12.5. The third-order valence-corrected chi connectivity index (χ3v) is 8.06. The fourth-order valence-electron chi connectivity index (χ4n) is 5.73. The molecule has 0 bridgehead atoms. The number of nitrogens with two attached hydrogens (primary N) is 5. The normalized spacial score (nSPS) is 14.0. The van der Waals surface area contributed by atoms with E-state index in [2.05, 4.69) is 77.3 Å². The van der Waals surface area contributed by atoms with Crippen molar-refractivity contribution in [3.63, 3.8) is 0 Å². The number of ketones is 3. The van der Waals surface area contributed by atoms with Gasteiger partial charge < -0.3 is 28.7 Å².